The van der Waals surface area contributed by atoms with E-state index in [0.717, 1.165) is 0 Å². The second-order valence-corrected chi connectivity index (χ2v) is 7.33. The fourth-order valence-corrected chi connectivity index (χ4v) is 2.61. The fraction of sp³-hybridized carbons (Fsp3) is 0.500. The van der Waals surface area contributed by atoms with Crippen molar-refractivity contribution in [3.05, 3.63) is 11.6 Å². The van der Waals surface area contributed by atoms with E-state index in [9.17, 15) is 0 Å². The molecule has 0 bridgehead atoms. The van der Waals surface area contributed by atoms with Crippen molar-refractivity contribution in [3.63, 3.8) is 0 Å². The molecule has 0 saturated heterocycles. The van der Waals surface area contributed by atoms with Gasteiger partial charge < -0.3 is 24.8 Å². The molecule has 0 amide bonds. The summed E-state index contributed by atoms with van der Waals surface area (Å²) in [6.07, 6.45) is 2.35. The minimum Gasteiger partial charge on any atom is -1.00 e. The zero-order valence-corrected chi connectivity index (χ0v) is 10.7. The monoisotopic (exact) mass is 271 g/mol. The first-order valence-electron chi connectivity index (χ1n) is 2.60. The minimum atomic E-state index is 0. The van der Waals surface area contributed by atoms with Crippen LogP contribution in [0.5, 0.6) is 0 Å². The van der Waals surface area contributed by atoms with Crippen LogP contribution in [0, 0.1) is 0 Å². The van der Waals surface area contributed by atoms with E-state index in [1.54, 1.807) is 24.7 Å². The van der Waals surface area contributed by atoms with Crippen molar-refractivity contribution in [2.75, 3.05) is 0 Å². The van der Waals surface area contributed by atoms with Crippen molar-refractivity contribution in [1.29, 1.82) is 0 Å². The Labute approximate surface area is 91.3 Å². The molecule has 0 spiro atoms. The van der Waals surface area contributed by atoms with E-state index in [2.05, 4.69) is 25.7 Å². The van der Waals surface area contributed by atoms with Gasteiger partial charge in [0.25, 0.3) is 0 Å². The third-order valence-electron chi connectivity index (χ3n) is 1.05. The van der Waals surface area contributed by atoms with Crippen LogP contribution in [0.1, 0.15) is 13.8 Å². The number of rotatable bonds is 0. The van der Waals surface area contributed by atoms with Crippen molar-refractivity contribution in [2.45, 2.75) is 16.7 Å². The summed E-state index contributed by atoms with van der Waals surface area (Å²) >= 11 is 1.62. The Morgan fingerprint density at radius 3 is 2.10 bits per heavy atom. The summed E-state index contributed by atoms with van der Waals surface area (Å²) in [7, 11) is 1.48. The predicted octanol–water partition coefficient (Wildman–Crippen LogP) is -4.03. The van der Waals surface area contributed by atoms with Gasteiger partial charge in [0.2, 0.25) is 0 Å². The van der Waals surface area contributed by atoms with Crippen molar-refractivity contribution in [3.8, 4) is 0 Å². The van der Waals surface area contributed by atoms with Crippen LogP contribution >= 0.6 is 8.20 Å². The summed E-state index contributed by atoms with van der Waals surface area (Å²) in [4.78, 5) is 0. The molecule has 0 saturated carbocycles. The molecule has 1 atom stereocenters. The van der Waals surface area contributed by atoms with Gasteiger partial charge in [0.05, 0.1) is 0 Å². The third kappa shape index (κ3) is 4.29. The van der Waals surface area contributed by atoms with Gasteiger partial charge in [-0.3, -0.25) is 0 Å². The van der Waals surface area contributed by atoms with Crippen LogP contribution in [-0.4, -0.2) is 8.66 Å². The molecule has 0 aromatic rings. The summed E-state index contributed by atoms with van der Waals surface area (Å²) in [5.41, 5.74) is 1.45. The quantitative estimate of drug-likeness (QED) is 0.394. The molecule has 0 aliphatic carbocycles. The van der Waals surface area contributed by atoms with Gasteiger partial charge in [-0.05, 0) is 0 Å². The van der Waals surface area contributed by atoms with E-state index < -0.39 is 0 Å². The van der Waals surface area contributed by atoms with Crippen LogP contribution in [0.25, 0.3) is 0 Å². The Bertz CT molecular complexity index is 163. The maximum Gasteiger partial charge on any atom is -1.00 e. The predicted molar refractivity (Wildman–Crippen MR) is 35.1 cm³/mol. The molecule has 0 N–H and O–H groups in total. The maximum absolute atomic E-state index is 2.35. The van der Waals surface area contributed by atoms with Gasteiger partial charge in [0, 0.05) is 0 Å². The normalized spacial score (nSPS) is 30.2. The van der Waals surface area contributed by atoms with Crippen molar-refractivity contribution in [1.82, 2.24) is 0 Å². The Morgan fingerprint density at radius 1 is 1.50 bits per heavy atom. The number of hydrogen-bond acceptors (Lipinski definition) is 0. The molecule has 1 unspecified atom stereocenters. The molecule has 0 aromatic carbocycles. The van der Waals surface area contributed by atoms with E-state index in [1.807, 2.05) is 0 Å². The van der Waals surface area contributed by atoms with Crippen LogP contribution < -0.4 is 24.8 Å². The van der Waals surface area contributed by atoms with Gasteiger partial charge in [-0.1, -0.05) is 0 Å². The molecule has 0 nitrogen and oxygen atoms in total. The van der Waals surface area contributed by atoms with E-state index in [4.69, 9.17) is 0 Å². The van der Waals surface area contributed by atoms with Crippen LogP contribution in [0.15, 0.2) is 11.6 Å². The molecule has 1 heterocycles. The van der Waals surface area contributed by atoms with Gasteiger partial charge >= 0.3 is 67.1 Å². The SMILES string of the molecule is CC1=C[C](C)([Zr+2])P=C1.[Cl-].[Cl-]. The van der Waals surface area contributed by atoms with Crippen molar-refractivity contribution >= 4 is 14.0 Å². The molecule has 10 heavy (non-hydrogen) atoms. The smallest absolute Gasteiger partial charge is 1.00 e. The molecular weight excluding hydrogens is 265 g/mol. The molecule has 55 valence electrons. The summed E-state index contributed by atoms with van der Waals surface area (Å²) < 4.78 is 0.511. The topological polar surface area (TPSA) is 0 Å². The molecule has 1 aliphatic rings. The Hall–Kier alpha value is 1.37. The summed E-state index contributed by atoms with van der Waals surface area (Å²) in [5, 5.41) is 0. The second-order valence-electron chi connectivity index (χ2n) is 2.29. The first-order valence-corrected chi connectivity index (χ1v) is 4.79. The zero-order chi connectivity index (χ0) is 6.20. The number of halogens is 2. The summed E-state index contributed by atoms with van der Waals surface area (Å²) in [5.74, 6) is 2.29. The summed E-state index contributed by atoms with van der Waals surface area (Å²) in [6.45, 7) is 4.46. The molecule has 0 aromatic heterocycles. The Morgan fingerprint density at radius 2 is 2.00 bits per heavy atom. The van der Waals surface area contributed by atoms with Gasteiger partial charge in [-0.25, -0.2) is 0 Å². The first-order chi connectivity index (χ1) is 3.60. The van der Waals surface area contributed by atoms with Gasteiger partial charge in [0.15, 0.2) is 0 Å². The van der Waals surface area contributed by atoms with Crippen LogP contribution in [0.3, 0.4) is 0 Å². The van der Waals surface area contributed by atoms with Crippen molar-refractivity contribution in [2.24, 2.45) is 0 Å². The number of hydrogen-bond donors (Lipinski definition) is 0. The molecule has 1 aliphatic heterocycles. The fourth-order valence-electron chi connectivity index (χ4n) is 0.754. The second kappa shape index (κ2) is 5.10. The number of allylic oxidation sites excluding steroid dienone is 2. The maximum atomic E-state index is 2.35. The molecule has 4 heteroatoms. The average molecular weight is 273 g/mol. The average Bonchev–Trinajstić information content (AvgIpc) is 1.82. The molecule has 1 rings (SSSR count). The van der Waals surface area contributed by atoms with Crippen LogP contribution in [0.4, 0.5) is 0 Å². The van der Waals surface area contributed by atoms with Crippen molar-refractivity contribution < 1.29 is 49.5 Å². The van der Waals surface area contributed by atoms with Gasteiger partial charge in [-0.15, -0.1) is 0 Å². The molecule has 0 fully saturated rings. The van der Waals surface area contributed by atoms with Gasteiger partial charge in [-0.2, -0.15) is 0 Å². The van der Waals surface area contributed by atoms with E-state index in [-0.39, 0.29) is 24.8 Å². The zero-order valence-electron chi connectivity index (χ0n) is 5.86. The standard InChI is InChI=1S/C6H8P.2ClH.Zr/c1-5-3-6(2)7-4-5;;;/h3-4H,1-2H3;2*1H;/q;;;+2/p-2. The summed E-state index contributed by atoms with van der Waals surface area (Å²) in [6, 6.07) is 0. The molecule has 0 radical (unpaired) electrons. The van der Waals surface area contributed by atoms with Gasteiger partial charge in [0.1, 0.15) is 0 Å². The van der Waals surface area contributed by atoms with E-state index in [1.165, 1.54) is 13.8 Å². The van der Waals surface area contributed by atoms with E-state index in [0.29, 0.717) is 2.86 Å². The Balaban J connectivity index is 0. The largest absolute Gasteiger partial charge is 1.00 e. The minimum absolute atomic E-state index is 0. The molecular formula is C6H8Cl2PZr. The van der Waals surface area contributed by atoms with E-state index >= 15 is 0 Å². The third-order valence-corrected chi connectivity index (χ3v) is 3.55. The Kier molecular flexibility index (Phi) is 7.10. The van der Waals surface area contributed by atoms with Crippen LogP contribution in [-0.2, 0) is 24.7 Å². The first kappa shape index (κ1) is 13.9. The van der Waals surface area contributed by atoms with Crippen LogP contribution in [0.2, 0.25) is 0 Å².